The maximum atomic E-state index is 8.68. The molecular weight excluding hydrogens is 270 g/mol. The Kier molecular flexibility index (Phi) is 6.19. The molecule has 1 N–H and O–H groups in total. The van der Waals surface area contributed by atoms with Crippen molar-refractivity contribution in [1.82, 2.24) is 5.32 Å². The Morgan fingerprint density at radius 3 is 2.20 bits per heavy atom. The molecular formula is C14H21N5S. The SMILES string of the molecule is CSC(=NCc1c(N(C)C)cccc1N(C)C)NC#N. The normalized spacial score (nSPS) is 10.9. The molecule has 108 valence electrons. The van der Waals surface area contributed by atoms with Gasteiger partial charge in [-0.3, -0.25) is 10.3 Å². The van der Waals surface area contributed by atoms with Crippen LogP contribution in [-0.2, 0) is 6.54 Å². The van der Waals surface area contributed by atoms with Crippen molar-refractivity contribution in [2.45, 2.75) is 6.54 Å². The molecule has 0 aromatic heterocycles. The Morgan fingerprint density at radius 1 is 1.25 bits per heavy atom. The van der Waals surface area contributed by atoms with E-state index in [0.717, 1.165) is 16.9 Å². The van der Waals surface area contributed by atoms with Gasteiger partial charge in [0.15, 0.2) is 11.4 Å². The van der Waals surface area contributed by atoms with Gasteiger partial charge in [-0.1, -0.05) is 17.8 Å². The fourth-order valence-corrected chi connectivity index (χ4v) is 2.26. The number of nitrogens with zero attached hydrogens (tertiary/aromatic N) is 4. The van der Waals surface area contributed by atoms with E-state index in [1.54, 1.807) is 0 Å². The van der Waals surface area contributed by atoms with Crippen LogP contribution in [0.2, 0.25) is 0 Å². The number of thioether (sulfide) groups is 1. The van der Waals surface area contributed by atoms with Crippen LogP contribution in [0.25, 0.3) is 0 Å². The lowest BCUT2D eigenvalue weighted by Crippen LogP contribution is -2.17. The minimum Gasteiger partial charge on any atom is -0.377 e. The molecule has 6 heteroatoms. The fourth-order valence-electron chi connectivity index (χ4n) is 1.92. The van der Waals surface area contributed by atoms with Crippen molar-refractivity contribution in [1.29, 1.82) is 5.26 Å². The summed E-state index contributed by atoms with van der Waals surface area (Å²) >= 11 is 1.43. The zero-order valence-electron chi connectivity index (χ0n) is 12.6. The summed E-state index contributed by atoms with van der Waals surface area (Å²) in [5.74, 6) is 0. The highest BCUT2D eigenvalue weighted by atomic mass is 32.2. The summed E-state index contributed by atoms with van der Waals surface area (Å²) in [5, 5.41) is 11.9. The van der Waals surface area contributed by atoms with Crippen molar-refractivity contribution >= 4 is 28.3 Å². The van der Waals surface area contributed by atoms with Crippen LogP contribution < -0.4 is 15.1 Å². The first-order chi connectivity index (χ1) is 9.51. The minimum absolute atomic E-state index is 0.534. The lowest BCUT2D eigenvalue weighted by molar-refractivity contribution is 0.994. The number of anilines is 2. The smallest absolute Gasteiger partial charge is 0.183 e. The Bertz CT molecular complexity index is 491. The van der Waals surface area contributed by atoms with E-state index in [1.807, 2.05) is 46.7 Å². The minimum atomic E-state index is 0.534. The molecule has 1 rings (SSSR count). The van der Waals surface area contributed by atoms with Gasteiger partial charge in [0.1, 0.15) is 0 Å². The first kappa shape index (κ1) is 16.2. The molecule has 0 heterocycles. The first-order valence-corrected chi connectivity index (χ1v) is 7.43. The number of nitriles is 1. The molecule has 0 unspecified atom stereocenters. The van der Waals surface area contributed by atoms with Crippen LogP contribution >= 0.6 is 11.8 Å². The molecule has 0 saturated carbocycles. The maximum absolute atomic E-state index is 8.68. The van der Waals surface area contributed by atoms with E-state index in [0.29, 0.717) is 11.7 Å². The summed E-state index contributed by atoms with van der Waals surface area (Å²) in [5.41, 5.74) is 3.42. The largest absolute Gasteiger partial charge is 0.377 e. The van der Waals surface area contributed by atoms with Gasteiger partial charge in [0.05, 0.1) is 6.54 Å². The number of benzene rings is 1. The number of amidine groups is 1. The van der Waals surface area contributed by atoms with Crippen molar-refractivity contribution in [2.75, 3.05) is 44.2 Å². The average molecular weight is 291 g/mol. The number of hydrogen-bond donors (Lipinski definition) is 1. The highest BCUT2D eigenvalue weighted by Crippen LogP contribution is 2.29. The molecule has 0 bridgehead atoms. The van der Waals surface area contributed by atoms with E-state index in [9.17, 15) is 0 Å². The van der Waals surface area contributed by atoms with Gasteiger partial charge in [-0.25, -0.2) is 0 Å². The van der Waals surface area contributed by atoms with E-state index in [1.165, 1.54) is 11.8 Å². The van der Waals surface area contributed by atoms with Gasteiger partial charge in [0, 0.05) is 45.1 Å². The van der Waals surface area contributed by atoms with Gasteiger partial charge in [-0.05, 0) is 18.4 Å². The Labute approximate surface area is 125 Å². The van der Waals surface area contributed by atoms with Crippen LogP contribution in [0.15, 0.2) is 23.2 Å². The van der Waals surface area contributed by atoms with Crippen LogP contribution in [0, 0.1) is 11.5 Å². The van der Waals surface area contributed by atoms with Gasteiger partial charge in [0.25, 0.3) is 0 Å². The zero-order valence-corrected chi connectivity index (χ0v) is 13.5. The van der Waals surface area contributed by atoms with Crippen LogP contribution in [0.1, 0.15) is 5.56 Å². The molecule has 0 amide bonds. The first-order valence-electron chi connectivity index (χ1n) is 6.21. The molecule has 0 aliphatic rings. The van der Waals surface area contributed by atoms with Gasteiger partial charge >= 0.3 is 0 Å². The van der Waals surface area contributed by atoms with Gasteiger partial charge in [-0.2, -0.15) is 5.26 Å². The Balaban J connectivity index is 3.17. The van der Waals surface area contributed by atoms with E-state index in [4.69, 9.17) is 5.26 Å². The third kappa shape index (κ3) is 4.07. The molecule has 0 aliphatic carbocycles. The average Bonchev–Trinajstić information content (AvgIpc) is 2.42. The predicted molar refractivity (Wildman–Crippen MR) is 88.5 cm³/mol. The summed E-state index contributed by atoms with van der Waals surface area (Å²) in [6.07, 6.45) is 3.80. The third-order valence-electron chi connectivity index (χ3n) is 2.83. The molecule has 0 atom stereocenters. The number of hydrogen-bond acceptors (Lipinski definition) is 5. The summed E-state index contributed by atoms with van der Waals surface area (Å²) in [6.45, 7) is 0.534. The second-order valence-electron chi connectivity index (χ2n) is 4.63. The van der Waals surface area contributed by atoms with Gasteiger partial charge in [-0.15, -0.1) is 0 Å². The third-order valence-corrected chi connectivity index (χ3v) is 3.44. The molecule has 1 aromatic rings. The zero-order chi connectivity index (χ0) is 15.1. The van der Waals surface area contributed by atoms with Crippen molar-refractivity contribution in [3.05, 3.63) is 23.8 Å². The number of rotatable bonds is 4. The van der Waals surface area contributed by atoms with Crippen LogP contribution in [0.5, 0.6) is 0 Å². The Hall–Kier alpha value is -1.87. The van der Waals surface area contributed by atoms with Crippen LogP contribution in [0.3, 0.4) is 0 Å². The topological polar surface area (TPSA) is 54.7 Å². The molecule has 0 fully saturated rings. The van der Waals surface area contributed by atoms with Crippen molar-refractivity contribution in [3.63, 3.8) is 0 Å². The quantitative estimate of drug-likeness (QED) is 0.398. The molecule has 5 nitrogen and oxygen atoms in total. The van der Waals surface area contributed by atoms with E-state index in [2.05, 4.69) is 32.2 Å². The lowest BCUT2D eigenvalue weighted by Gasteiger charge is -2.23. The van der Waals surface area contributed by atoms with Crippen molar-refractivity contribution < 1.29 is 0 Å². The molecule has 0 spiro atoms. The predicted octanol–water partition coefficient (Wildman–Crippen LogP) is 2.11. The second-order valence-corrected chi connectivity index (χ2v) is 5.42. The standard InChI is InChI=1S/C14H21N5S/c1-18(2)12-7-6-8-13(19(3)4)11(12)9-16-14(20-5)17-10-15/h6-8H,9H2,1-5H3,(H,16,17). The summed E-state index contributed by atoms with van der Waals surface area (Å²) < 4.78 is 0. The molecule has 0 aliphatic heterocycles. The second kappa shape index (κ2) is 7.65. The van der Waals surface area contributed by atoms with Gasteiger partial charge in [0.2, 0.25) is 0 Å². The van der Waals surface area contributed by atoms with Crippen LogP contribution in [-0.4, -0.2) is 39.6 Å². The van der Waals surface area contributed by atoms with Crippen LogP contribution in [0.4, 0.5) is 11.4 Å². The fraction of sp³-hybridized carbons (Fsp3) is 0.429. The van der Waals surface area contributed by atoms with Crippen molar-refractivity contribution in [2.24, 2.45) is 4.99 Å². The number of aliphatic imine (C=N–C) groups is 1. The van der Waals surface area contributed by atoms with Gasteiger partial charge < -0.3 is 9.80 Å². The number of nitrogens with one attached hydrogen (secondary N) is 1. The molecule has 0 saturated heterocycles. The maximum Gasteiger partial charge on any atom is 0.183 e. The summed E-state index contributed by atoms with van der Waals surface area (Å²) in [6, 6.07) is 6.20. The van der Waals surface area contributed by atoms with E-state index in [-0.39, 0.29) is 0 Å². The summed E-state index contributed by atoms with van der Waals surface area (Å²) in [7, 11) is 8.08. The summed E-state index contributed by atoms with van der Waals surface area (Å²) in [4.78, 5) is 8.64. The molecule has 1 aromatic carbocycles. The highest BCUT2D eigenvalue weighted by Gasteiger charge is 2.11. The van der Waals surface area contributed by atoms with E-state index >= 15 is 0 Å². The lowest BCUT2D eigenvalue weighted by atomic mass is 10.1. The monoisotopic (exact) mass is 291 g/mol. The molecule has 0 radical (unpaired) electrons. The molecule has 20 heavy (non-hydrogen) atoms. The highest BCUT2D eigenvalue weighted by molar-refractivity contribution is 8.13. The van der Waals surface area contributed by atoms with E-state index < -0.39 is 0 Å². The van der Waals surface area contributed by atoms with Crippen molar-refractivity contribution in [3.8, 4) is 6.19 Å². The Morgan fingerprint density at radius 2 is 1.80 bits per heavy atom.